The Morgan fingerprint density at radius 3 is 3.00 bits per heavy atom. The largest absolute Gasteiger partial charge is 0.490 e. The van der Waals surface area contributed by atoms with Gasteiger partial charge in [0.05, 0.1) is 23.9 Å². The summed E-state index contributed by atoms with van der Waals surface area (Å²) in [6, 6.07) is 6.10. The van der Waals surface area contributed by atoms with E-state index in [1.54, 1.807) is 11.3 Å². The average molecular weight is 316 g/mol. The van der Waals surface area contributed by atoms with E-state index in [1.807, 2.05) is 12.1 Å². The van der Waals surface area contributed by atoms with Crippen LogP contribution in [-0.4, -0.2) is 18.2 Å². The van der Waals surface area contributed by atoms with Crippen LogP contribution in [0.15, 0.2) is 23.6 Å². The molecule has 0 atom stereocenters. The molecule has 0 bridgehead atoms. The second-order valence-corrected chi connectivity index (χ2v) is 6.74. The molecule has 0 amide bonds. The van der Waals surface area contributed by atoms with Crippen molar-refractivity contribution in [3.05, 3.63) is 39.8 Å². The fraction of sp³-hybridized carbons (Fsp3) is 0.471. The molecule has 0 saturated heterocycles. The normalized spacial score (nSPS) is 17.3. The topological polar surface area (TPSA) is 43.4 Å². The Bertz CT molecular complexity index is 652. The smallest absolute Gasteiger partial charge is 0.165 e. The van der Waals surface area contributed by atoms with Crippen LogP contribution in [0.3, 0.4) is 0 Å². The molecule has 1 aliphatic carbocycles. The maximum Gasteiger partial charge on any atom is 0.165 e. The molecule has 2 aromatic rings. The highest BCUT2D eigenvalue weighted by atomic mass is 32.1. The summed E-state index contributed by atoms with van der Waals surface area (Å²) >= 11 is 1.80. The van der Waals surface area contributed by atoms with Crippen LogP contribution in [0.25, 0.3) is 0 Å². The SMILES string of the molecule is c1cc(CNCc2csc(C3CC3)n2)c2c(c1)OCCCO2. The Kier molecular flexibility index (Phi) is 3.99. The van der Waals surface area contributed by atoms with Gasteiger partial charge in [-0.15, -0.1) is 11.3 Å². The first-order valence-corrected chi connectivity index (χ1v) is 8.80. The van der Waals surface area contributed by atoms with E-state index >= 15 is 0 Å². The molecular weight excluding hydrogens is 296 g/mol. The predicted molar refractivity (Wildman–Crippen MR) is 86.7 cm³/mol. The average Bonchev–Trinajstić information content (AvgIpc) is 3.32. The summed E-state index contributed by atoms with van der Waals surface area (Å²) in [7, 11) is 0. The quantitative estimate of drug-likeness (QED) is 0.917. The third-order valence-electron chi connectivity index (χ3n) is 3.97. The molecule has 1 fully saturated rings. The lowest BCUT2D eigenvalue weighted by atomic mass is 10.2. The molecular formula is C17H20N2O2S. The Hall–Kier alpha value is -1.59. The summed E-state index contributed by atoms with van der Waals surface area (Å²) in [5.74, 6) is 2.50. The first-order valence-electron chi connectivity index (χ1n) is 7.92. The summed E-state index contributed by atoms with van der Waals surface area (Å²) in [5.41, 5.74) is 2.29. The van der Waals surface area contributed by atoms with Crippen LogP contribution in [0.4, 0.5) is 0 Å². The van der Waals surface area contributed by atoms with Crippen molar-refractivity contribution in [1.29, 1.82) is 0 Å². The van der Waals surface area contributed by atoms with Crippen LogP contribution >= 0.6 is 11.3 Å². The van der Waals surface area contributed by atoms with Crippen molar-refractivity contribution in [2.75, 3.05) is 13.2 Å². The number of hydrogen-bond donors (Lipinski definition) is 1. The fourth-order valence-corrected chi connectivity index (χ4v) is 3.63. The van der Waals surface area contributed by atoms with E-state index in [4.69, 9.17) is 14.5 Å². The Morgan fingerprint density at radius 1 is 1.18 bits per heavy atom. The van der Waals surface area contributed by atoms with E-state index in [2.05, 4.69) is 16.8 Å². The van der Waals surface area contributed by atoms with Gasteiger partial charge in [-0.05, 0) is 18.9 Å². The molecule has 0 spiro atoms. The second-order valence-electron chi connectivity index (χ2n) is 5.85. The van der Waals surface area contributed by atoms with Crippen molar-refractivity contribution in [3.63, 3.8) is 0 Å². The van der Waals surface area contributed by atoms with Crippen molar-refractivity contribution >= 4 is 11.3 Å². The van der Waals surface area contributed by atoms with E-state index in [9.17, 15) is 0 Å². The molecule has 22 heavy (non-hydrogen) atoms. The number of benzene rings is 1. The van der Waals surface area contributed by atoms with E-state index in [-0.39, 0.29) is 0 Å². The first kappa shape index (κ1) is 14.0. The van der Waals surface area contributed by atoms with Crippen molar-refractivity contribution < 1.29 is 9.47 Å². The van der Waals surface area contributed by atoms with Crippen molar-refractivity contribution in [2.24, 2.45) is 0 Å². The van der Waals surface area contributed by atoms with Crippen molar-refractivity contribution in [3.8, 4) is 11.5 Å². The van der Waals surface area contributed by atoms with Gasteiger partial charge in [0.2, 0.25) is 0 Å². The lowest BCUT2D eigenvalue weighted by Gasteiger charge is -2.12. The highest BCUT2D eigenvalue weighted by Crippen LogP contribution is 2.41. The molecule has 116 valence electrons. The van der Waals surface area contributed by atoms with E-state index in [1.165, 1.54) is 17.8 Å². The monoisotopic (exact) mass is 316 g/mol. The van der Waals surface area contributed by atoms with Gasteiger partial charge in [-0.3, -0.25) is 0 Å². The van der Waals surface area contributed by atoms with Crippen LogP contribution in [0.1, 0.15) is 41.4 Å². The van der Waals surface area contributed by atoms with E-state index < -0.39 is 0 Å². The lowest BCUT2D eigenvalue weighted by molar-refractivity contribution is 0.296. The zero-order valence-electron chi connectivity index (χ0n) is 12.5. The fourth-order valence-electron chi connectivity index (χ4n) is 2.64. The number of thiazole rings is 1. The minimum atomic E-state index is 0.723. The van der Waals surface area contributed by atoms with Gasteiger partial charge >= 0.3 is 0 Å². The second kappa shape index (κ2) is 6.26. The molecule has 2 heterocycles. The third kappa shape index (κ3) is 3.10. The van der Waals surface area contributed by atoms with E-state index in [0.29, 0.717) is 0 Å². The predicted octanol–water partition coefficient (Wildman–Crippen LogP) is 3.47. The van der Waals surface area contributed by atoms with Gasteiger partial charge in [-0.1, -0.05) is 12.1 Å². The summed E-state index contributed by atoms with van der Waals surface area (Å²) in [6.07, 6.45) is 3.56. The molecule has 1 saturated carbocycles. The van der Waals surface area contributed by atoms with Gasteiger partial charge in [-0.25, -0.2) is 4.98 Å². The van der Waals surface area contributed by atoms with Crippen LogP contribution in [0.5, 0.6) is 11.5 Å². The highest BCUT2D eigenvalue weighted by Gasteiger charge is 2.26. The zero-order chi connectivity index (χ0) is 14.8. The molecule has 1 aliphatic heterocycles. The Labute approximate surface area is 134 Å². The van der Waals surface area contributed by atoms with Gasteiger partial charge < -0.3 is 14.8 Å². The van der Waals surface area contributed by atoms with Gasteiger partial charge in [-0.2, -0.15) is 0 Å². The molecule has 1 N–H and O–H groups in total. The molecule has 0 radical (unpaired) electrons. The molecule has 4 rings (SSSR count). The number of aromatic nitrogens is 1. The van der Waals surface area contributed by atoms with Crippen molar-refractivity contribution in [1.82, 2.24) is 10.3 Å². The summed E-state index contributed by atoms with van der Waals surface area (Å²) in [4.78, 5) is 4.71. The minimum absolute atomic E-state index is 0.723. The molecule has 1 aromatic heterocycles. The maximum absolute atomic E-state index is 5.85. The number of hydrogen-bond acceptors (Lipinski definition) is 5. The molecule has 2 aliphatic rings. The van der Waals surface area contributed by atoms with Crippen LogP contribution in [0, 0.1) is 0 Å². The number of rotatable bonds is 5. The number of nitrogens with one attached hydrogen (secondary N) is 1. The maximum atomic E-state index is 5.85. The van der Waals surface area contributed by atoms with Gasteiger partial charge in [0.15, 0.2) is 11.5 Å². The number of nitrogens with zero attached hydrogens (tertiary/aromatic N) is 1. The number of ether oxygens (including phenoxy) is 2. The summed E-state index contributed by atoms with van der Waals surface area (Å²) in [6.45, 7) is 3.02. The van der Waals surface area contributed by atoms with Crippen molar-refractivity contribution in [2.45, 2.75) is 38.3 Å². The molecule has 1 aromatic carbocycles. The van der Waals surface area contributed by atoms with Crippen LogP contribution in [0.2, 0.25) is 0 Å². The minimum Gasteiger partial charge on any atom is -0.490 e. The first-order chi connectivity index (χ1) is 10.9. The summed E-state index contributed by atoms with van der Waals surface area (Å²) in [5, 5.41) is 6.95. The Balaban J connectivity index is 1.38. The lowest BCUT2D eigenvalue weighted by Crippen LogP contribution is -2.14. The van der Waals surface area contributed by atoms with Gasteiger partial charge in [0, 0.05) is 36.4 Å². The van der Waals surface area contributed by atoms with Crippen LogP contribution < -0.4 is 14.8 Å². The molecule has 5 heteroatoms. The van der Waals surface area contributed by atoms with Gasteiger partial charge in [0.1, 0.15) is 0 Å². The third-order valence-corrected chi connectivity index (χ3v) is 5.03. The van der Waals surface area contributed by atoms with E-state index in [0.717, 1.165) is 61.4 Å². The highest BCUT2D eigenvalue weighted by molar-refractivity contribution is 7.09. The molecule has 0 unspecified atom stereocenters. The number of para-hydroxylation sites is 1. The Morgan fingerprint density at radius 2 is 2.09 bits per heavy atom. The van der Waals surface area contributed by atoms with Gasteiger partial charge in [0.25, 0.3) is 0 Å². The van der Waals surface area contributed by atoms with Crippen LogP contribution in [-0.2, 0) is 13.1 Å². The molecule has 4 nitrogen and oxygen atoms in total. The summed E-state index contributed by atoms with van der Waals surface area (Å²) < 4.78 is 11.6. The standard InChI is InChI=1S/C17H20N2O2S/c1-3-13(16-15(4-1)20-7-2-8-21-16)9-18-10-14-11-22-17(19-14)12-5-6-12/h1,3-4,11-12,18H,2,5-10H2. The zero-order valence-corrected chi connectivity index (χ0v) is 13.3. The number of fused-ring (bicyclic) bond motifs is 1.